The monoisotopic (exact) mass is 287 g/mol. The molecular formula is C15H17N3O3. The van der Waals surface area contributed by atoms with E-state index in [1.807, 2.05) is 25.1 Å². The second kappa shape index (κ2) is 6.81. The van der Waals surface area contributed by atoms with Gasteiger partial charge in [-0.05, 0) is 13.0 Å². The largest absolute Gasteiger partial charge is 0.383 e. The van der Waals surface area contributed by atoms with Gasteiger partial charge in [0.1, 0.15) is 5.82 Å². The number of hydrogen-bond acceptors (Lipinski definition) is 5. The molecule has 1 aromatic carbocycles. The van der Waals surface area contributed by atoms with Gasteiger partial charge in [0, 0.05) is 24.8 Å². The first-order chi connectivity index (χ1) is 10.1. The second-order valence-electron chi connectivity index (χ2n) is 4.69. The summed E-state index contributed by atoms with van der Waals surface area (Å²) in [6.45, 7) is 2.48. The molecule has 0 amide bonds. The fourth-order valence-corrected chi connectivity index (χ4v) is 2.03. The first-order valence-electron chi connectivity index (χ1n) is 6.58. The van der Waals surface area contributed by atoms with Crippen LogP contribution in [0, 0.1) is 10.1 Å². The van der Waals surface area contributed by atoms with Gasteiger partial charge in [-0.15, -0.1) is 0 Å². The Kier molecular flexibility index (Phi) is 4.84. The van der Waals surface area contributed by atoms with E-state index in [9.17, 15) is 10.1 Å². The lowest BCUT2D eigenvalue weighted by Crippen LogP contribution is -2.21. The summed E-state index contributed by atoms with van der Waals surface area (Å²) in [5.74, 6) is 0.587. The average Bonchev–Trinajstić information content (AvgIpc) is 2.48. The van der Waals surface area contributed by atoms with Crippen molar-refractivity contribution in [2.24, 2.45) is 0 Å². The molecule has 6 nitrogen and oxygen atoms in total. The van der Waals surface area contributed by atoms with Gasteiger partial charge in [0.05, 0.1) is 11.5 Å². The number of pyridine rings is 1. The Hall–Kier alpha value is -2.47. The van der Waals surface area contributed by atoms with Crippen molar-refractivity contribution in [3.63, 3.8) is 0 Å². The van der Waals surface area contributed by atoms with Gasteiger partial charge in [-0.1, -0.05) is 30.3 Å². The van der Waals surface area contributed by atoms with Crippen LogP contribution in [0.1, 0.15) is 6.92 Å². The molecule has 0 saturated carbocycles. The van der Waals surface area contributed by atoms with E-state index in [2.05, 4.69) is 10.3 Å². The fraction of sp³-hybridized carbons (Fsp3) is 0.267. The van der Waals surface area contributed by atoms with Crippen LogP contribution in [0.4, 0.5) is 11.5 Å². The highest BCUT2D eigenvalue weighted by Crippen LogP contribution is 2.29. The van der Waals surface area contributed by atoms with Gasteiger partial charge < -0.3 is 10.1 Å². The number of aromatic nitrogens is 1. The van der Waals surface area contributed by atoms with Crippen LogP contribution in [0.5, 0.6) is 0 Å². The summed E-state index contributed by atoms with van der Waals surface area (Å²) >= 11 is 0. The summed E-state index contributed by atoms with van der Waals surface area (Å²) in [4.78, 5) is 15.1. The topological polar surface area (TPSA) is 77.3 Å². The molecule has 0 saturated heterocycles. The Balaban J connectivity index is 2.38. The number of hydrogen-bond donors (Lipinski definition) is 1. The van der Waals surface area contributed by atoms with Gasteiger partial charge in [-0.25, -0.2) is 4.98 Å². The highest BCUT2D eigenvalue weighted by atomic mass is 16.6. The maximum Gasteiger partial charge on any atom is 0.295 e. The molecule has 6 heteroatoms. The van der Waals surface area contributed by atoms with Crippen LogP contribution in [-0.4, -0.2) is 29.7 Å². The molecule has 1 unspecified atom stereocenters. The summed E-state index contributed by atoms with van der Waals surface area (Å²) in [6.07, 6.45) is 0. The summed E-state index contributed by atoms with van der Waals surface area (Å²) in [5, 5.41) is 14.3. The molecule has 0 aliphatic heterocycles. The zero-order chi connectivity index (χ0) is 15.2. The number of rotatable bonds is 6. The number of nitrogens with zero attached hydrogens (tertiary/aromatic N) is 2. The first-order valence-corrected chi connectivity index (χ1v) is 6.58. The number of anilines is 1. The minimum absolute atomic E-state index is 0.00820. The van der Waals surface area contributed by atoms with Gasteiger partial charge in [-0.3, -0.25) is 10.1 Å². The van der Waals surface area contributed by atoms with E-state index in [1.54, 1.807) is 25.3 Å². The van der Waals surface area contributed by atoms with Gasteiger partial charge in [0.2, 0.25) is 0 Å². The normalized spacial score (nSPS) is 11.9. The zero-order valence-corrected chi connectivity index (χ0v) is 11.9. The third-order valence-electron chi connectivity index (χ3n) is 2.93. The maximum absolute atomic E-state index is 11.2. The number of methoxy groups -OCH3 is 1. The van der Waals surface area contributed by atoms with Crippen molar-refractivity contribution < 1.29 is 9.66 Å². The minimum Gasteiger partial charge on any atom is -0.383 e. The molecule has 21 heavy (non-hydrogen) atoms. The van der Waals surface area contributed by atoms with Crippen LogP contribution in [0.25, 0.3) is 11.3 Å². The third-order valence-corrected chi connectivity index (χ3v) is 2.93. The highest BCUT2D eigenvalue weighted by molar-refractivity contribution is 5.71. The third kappa shape index (κ3) is 3.76. The SMILES string of the molecule is COCC(C)Nc1ccc([N+](=O)[O-])c(-c2ccccc2)n1. The van der Waals surface area contributed by atoms with Crippen molar-refractivity contribution >= 4 is 11.5 Å². The van der Waals surface area contributed by atoms with Crippen molar-refractivity contribution in [2.75, 3.05) is 19.0 Å². The van der Waals surface area contributed by atoms with E-state index < -0.39 is 4.92 Å². The van der Waals surface area contributed by atoms with E-state index in [-0.39, 0.29) is 11.7 Å². The van der Waals surface area contributed by atoms with Crippen LogP contribution >= 0.6 is 0 Å². The van der Waals surface area contributed by atoms with Crippen molar-refractivity contribution in [2.45, 2.75) is 13.0 Å². The highest BCUT2D eigenvalue weighted by Gasteiger charge is 2.18. The van der Waals surface area contributed by atoms with Gasteiger partial charge >= 0.3 is 0 Å². The molecule has 1 N–H and O–H groups in total. The van der Waals surface area contributed by atoms with Crippen molar-refractivity contribution in [3.05, 3.63) is 52.6 Å². The molecule has 2 aromatic rings. The van der Waals surface area contributed by atoms with Crippen molar-refractivity contribution in [1.29, 1.82) is 0 Å². The molecule has 0 radical (unpaired) electrons. The Morgan fingerprint density at radius 2 is 2.00 bits per heavy atom. The smallest absolute Gasteiger partial charge is 0.295 e. The standard InChI is InChI=1S/C15H17N3O3/c1-11(10-21-2)16-14-9-8-13(18(19)20)15(17-14)12-6-4-3-5-7-12/h3-9,11H,10H2,1-2H3,(H,16,17). The van der Waals surface area contributed by atoms with E-state index in [0.29, 0.717) is 23.7 Å². The summed E-state index contributed by atoms with van der Waals surface area (Å²) in [6, 6.07) is 12.3. The quantitative estimate of drug-likeness (QED) is 0.652. The summed E-state index contributed by atoms with van der Waals surface area (Å²) in [5.41, 5.74) is 1.06. The zero-order valence-electron chi connectivity index (χ0n) is 11.9. The van der Waals surface area contributed by atoms with Crippen LogP contribution in [0.2, 0.25) is 0 Å². The fourth-order valence-electron chi connectivity index (χ4n) is 2.03. The molecule has 0 fully saturated rings. The molecule has 110 valence electrons. The maximum atomic E-state index is 11.2. The van der Waals surface area contributed by atoms with E-state index in [4.69, 9.17) is 4.74 Å². The predicted octanol–water partition coefficient (Wildman–Crippen LogP) is 3.10. The molecule has 0 bridgehead atoms. The van der Waals surface area contributed by atoms with Gasteiger partial charge in [0.15, 0.2) is 5.69 Å². The number of ether oxygens (including phenoxy) is 1. The Bertz CT molecular complexity index is 617. The summed E-state index contributed by atoms with van der Waals surface area (Å²) in [7, 11) is 1.62. The average molecular weight is 287 g/mol. The number of nitro groups is 1. The van der Waals surface area contributed by atoms with Crippen molar-refractivity contribution in [3.8, 4) is 11.3 Å². The molecule has 0 aliphatic rings. The molecule has 1 aromatic heterocycles. The van der Waals surface area contributed by atoms with Crippen molar-refractivity contribution in [1.82, 2.24) is 4.98 Å². The molecule has 2 rings (SSSR count). The summed E-state index contributed by atoms with van der Waals surface area (Å²) < 4.78 is 5.05. The molecule has 0 spiro atoms. The van der Waals surface area contributed by atoms with E-state index >= 15 is 0 Å². The lowest BCUT2D eigenvalue weighted by Gasteiger charge is -2.14. The molecule has 1 heterocycles. The van der Waals surface area contributed by atoms with Gasteiger partial charge in [0.25, 0.3) is 5.69 Å². The number of nitrogens with one attached hydrogen (secondary N) is 1. The van der Waals surface area contributed by atoms with E-state index in [0.717, 1.165) is 0 Å². The van der Waals surface area contributed by atoms with Crippen LogP contribution in [0.3, 0.4) is 0 Å². The molecule has 1 atom stereocenters. The minimum atomic E-state index is -0.419. The Morgan fingerprint density at radius 3 is 2.62 bits per heavy atom. The van der Waals surface area contributed by atoms with E-state index in [1.165, 1.54) is 6.07 Å². The molecular weight excluding hydrogens is 270 g/mol. The lowest BCUT2D eigenvalue weighted by atomic mass is 10.1. The molecule has 0 aliphatic carbocycles. The van der Waals surface area contributed by atoms with Crippen LogP contribution in [0.15, 0.2) is 42.5 Å². The van der Waals surface area contributed by atoms with Gasteiger partial charge in [-0.2, -0.15) is 0 Å². The second-order valence-corrected chi connectivity index (χ2v) is 4.69. The Morgan fingerprint density at radius 1 is 1.29 bits per heavy atom. The first kappa shape index (κ1) is 14.9. The Labute approximate surface area is 122 Å². The van der Waals surface area contributed by atoms with Crippen LogP contribution < -0.4 is 5.32 Å². The van der Waals surface area contributed by atoms with Crippen LogP contribution in [-0.2, 0) is 4.74 Å². The number of benzene rings is 1. The predicted molar refractivity (Wildman–Crippen MR) is 81.3 cm³/mol. The lowest BCUT2D eigenvalue weighted by molar-refractivity contribution is -0.384.